The molecule has 0 fully saturated rings. The van der Waals surface area contributed by atoms with Gasteiger partial charge in [-0.2, -0.15) is 0 Å². The Balaban J connectivity index is 2.33. The molecule has 0 aliphatic heterocycles. The van der Waals surface area contributed by atoms with Gasteiger partial charge in [0.05, 0.1) is 0 Å². The predicted molar refractivity (Wildman–Crippen MR) is 65.6 cm³/mol. The van der Waals surface area contributed by atoms with Crippen LogP contribution in [-0.2, 0) is 6.42 Å². The SMILES string of the molecule is NCCc1cccc(F)c1Oc1cccc(F)c1. The molecule has 2 nitrogen and oxygen atoms in total. The van der Waals surface area contributed by atoms with Crippen molar-refractivity contribution in [3.8, 4) is 11.5 Å². The van der Waals surface area contributed by atoms with E-state index in [0.29, 0.717) is 18.5 Å². The third-order valence-electron chi connectivity index (χ3n) is 2.48. The molecule has 18 heavy (non-hydrogen) atoms. The molecule has 2 N–H and O–H groups in total. The first-order valence-electron chi connectivity index (χ1n) is 5.61. The van der Waals surface area contributed by atoms with Crippen LogP contribution in [0.5, 0.6) is 11.5 Å². The van der Waals surface area contributed by atoms with Gasteiger partial charge in [0, 0.05) is 6.07 Å². The van der Waals surface area contributed by atoms with Gasteiger partial charge in [-0.25, -0.2) is 8.78 Å². The van der Waals surface area contributed by atoms with Gasteiger partial charge in [-0.15, -0.1) is 0 Å². The summed E-state index contributed by atoms with van der Waals surface area (Å²) in [6.45, 7) is 0.392. The molecule has 0 atom stereocenters. The summed E-state index contributed by atoms with van der Waals surface area (Å²) in [5.74, 6) is -0.540. The molecule has 2 rings (SSSR count). The van der Waals surface area contributed by atoms with Gasteiger partial charge in [0.25, 0.3) is 0 Å². The number of para-hydroxylation sites is 1. The second-order valence-electron chi connectivity index (χ2n) is 3.83. The highest BCUT2D eigenvalue weighted by Crippen LogP contribution is 2.28. The lowest BCUT2D eigenvalue weighted by Crippen LogP contribution is -2.05. The molecular formula is C14H13F2NO. The van der Waals surface area contributed by atoms with E-state index in [-0.39, 0.29) is 11.5 Å². The summed E-state index contributed by atoms with van der Waals surface area (Å²) in [4.78, 5) is 0. The Morgan fingerprint density at radius 3 is 2.56 bits per heavy atom. The number of nitrogens with two attached hydrogens (primary N) is 1. The van der Waals surface area contributed by atoms with Crippen molar-refractivity contribution in [2.45, 2.75) is 6.42 Å². The Hall–Kier alpha value is -1.94. The first-order valence-corrected chi connectivity index (χ1v) is 5.61. The predicted octanol–water partition coefficient (Wildman–Crippen LogP) is 3.26. The Morgan fingerprint density at radius 1 is 1.06 bits per heavy atom. The summed E-state index contributed by atoms with van der Waals surface area (Å²) >= 11 is 0. The van der Waals surface area contributed by atoms with E-state index in [0.717, 1.165) is 0 Å². The van der Waals surface area contributed by atoms with Crippen LogP contribution in [0.25, 0.3) is 0 Å². The van der Waals surface area contributed by atoms with Gasteiger partial charge in [-0.3, -0.25) is 0 Å². The monoisotopic (exact) mass is 249 g/mol. The van der Waals surface area contributed by atoms with Crippen molar-refractivity contribution in [2.24, 2.45) is 5.73 Å². The summed E-state index contributed by atoms with van der Waals surface area (Å²) in [5.41, 5.74) is 6.13. The van der Waals surface area contributed by atoms with Crippen molar-refractivity contribution in [1.29, 1.82) is 0 Å². The lowest BCUT2D eigenvalue weighted by molar-refractivity contribution is 0.433. The van der Waals surface area contributed by atoms with Crippen LogP contribution < -0.4 is 10.5 Å². The van der Waals surface area contributed by atoms with E-state index in [1.807, 2.05) is 0 Å². The van der Waals surface area contributed by atoms with Crippen molar-refractivity contribution >= 4 is 0 Å². The molecule has 0 unspecified atom stereocenters. The number of hydrogen-bond donors (Lipinski definition) is 1. The molecule has 4 heteroatoms. The van der Waals surface area contributed by atoms with E-state index in [1.54, 1.807) is 18.2 Å². The Labute approximate surface area is 104 Å². The van der Waals surface area contributed by atoms with Gasteiger partial charge >= 0.3 is 0 Å². The summed E-state index contributed by atoms with van der Waals surface area (Å²) in [5, 5.41) is 0. The van der Waals surface area contributed by atoms with Crippen LogP contribution in [0, 0.1) is 11.6 Å². The van der Waals surface area contributed by atoms with E-state index in [4.69, 9.17) is 10.5 Å². The standard InChI is InChI=1S/C14H13F2NO/c15-11-4-2-5-12(9-11)18-14-10(7-8-17)3-1-6-13(14)16/h1-6,9H,7-8,17H2. The molecule has 2 aromatic rings. The summed E-state index contributed by atoms with van der Waals surface area (Å²) in [6.07, 6.45) is 0.502. The topological polar surface area (TPSA) is 35.2 Å². The molecule has 2 aromatic carbocycles. The zero-order valence-electron chi connectivity index (χ0n) is 9.70. The second-order valence-corrected chi connectivity index (χ2v) is 3.83. The van der Waals surface area contributed by atoms with Crippen LogP contribution in [0.15, 0.2) is 42.5 Å². The van der Waals surface area contributed by atoms with Crippen LogP contribution in [0.3, 0.4) is 0 Å². The molecule has 0 bridgehead atoms. The minimum absolute atomic E-state index is 0.105. The molecule has 0 spiro atoms. The van der Waals surface area contributed by atoms with Crippen LogP contribution in [0.4, 0.5) is 8.78 Å². The molecule has 0 aliphatic carbocycles. The normalized spacial score (nSPS) is 10.4. The first-order chi connectivity index (χ1) is 8.70. The van der Waals surface area contributed by atoms with Gasteiger partial charge in [-0.05, 0) is 36.7 Å². The molecule has 0 saturated heterocycles. The number of ether oxygens (including phenoxy) is 1. The van der Waals surface area contributed by atoms with Crippen LogP contribution in [-0.4, -0.2) is 6.54 Å². The molecule has 0 heterocycles. The highest BCUT2D eigenvalue weighted by atomic mass is 19.1. The Morgan fingerprint density at radius 2 is 1.83 bits per heavy atom. The molecule has 94 valence electrons. The lowest BCUT2D eigenvalue weighted by Gasteiger charge is -2.11. The lowest BCUT2D eigenvalue weighted by atomic mass is 10.1. The van der Waals surface area contributed by atoms with Crippen molar-refractivity contribution in [1.82, 2.24) is 0 Å². The van der Waals surface area contributed by atoms with Gasteiger partial charge < -0.3 is 10.5 Å². The highest BCUT2D eigenvalue weighted by molar-refractivity contribution is 5.39. The Kier molecular flexibility index (Phi) is 3.89. The fourth-order valence-electron chi connectivity index (χ4n) is 1.67. The zero-order chi connectivity index (χ0) is 13.0. The van der Waals surface area contributed by atoms with Crippen molar-refractivity contribution in [2.75, 3.05) is 6.54 Å². The van der Waals surface area contributed by atoms with Crippen molar-refractivity contribution in [3.63, 3.8) is 0 Å². The number of rotatable bonds is 4. The molecule has 0 saturated carbocycles. The minimum atomic E-state index is -0.481. The van der Waals surface area contributed by atoms with Gasteiger partial charge in [0.2, 0.25) is 0 Å². The average molecular weight is 249 g/mol. The zero-order valence-corrected chi connectivity index (χ0v) is 9.70. The maximum absolute atomic E-state index is 13.7. The van der Waals surface area contributed by atoms with Gasteiger partial charge in [0.15, 0.2) is 11.6 Å². The third kappa shape index (κ3) is 2.84. The summed E-state index contributed by atoms with van der Waals surface area (Å²) in [7, 11) is 0. The molecule has 0 aliphatic rings. The van der Waals surface area contributed by atoms with E-state index in [9.17, 15) is 8.78 Å². The Bertz CT molecular complexity index is 543. The van der Waals surface area contributed by atoms with Crippen LogP contribution in [0.2, 0.25) is 0 Å². The van der Waals surface area contributed by atoms with E-state index in [2.05, 4.69) is 0 Å². The number of halogens is 2. The van der Waals surface area contributed by atoms with Crippen LogP contribution in [0.1, 0.15) is 5.56 Å². The molecule has 0 amide bonds. The maximum atomic E-state index is 13.7. The van der Waals surface area contributed by atoms with E-state index in [1.165, 1.54) is 24.3 Å². The maximum Gasteiger partial charge on any atom is 0.166 e. The quantitative estimate of drug-likeness (QED) is 0.902. The van der Waals surface area contributed by atoms with Crippen molar-refractivity contribution in [3.05, 3.63) is 59.7 Å². The molecule has 0 radical (unpaired) electrons. The van der Waals surface area contributed by atoms with Crippen molar-refractivity contribution < 1.29 is 13.5 Å². The van der Waals surface area contributed by atoms with Gasteiger partial charge in [-0.1, -0.05) is 18.2 Å². The number of hydrogen-bond acceptors (Lipinski definition) is 2. The smallest absolute Gasteiger partial charge is 0.166 e. The summed E-state index contributed by atoms with van der Waals surface area (Å²) < 4.78 is 32.1. The van der Waals surface area contributed by atoms with Gasteiger partial charge in [0.1, 0.15) is 11.6 Å². The molecular weight excluding hydrogens is 236 g/mol. The fraction of sp³-hybridized carbons (Fsp3) is 0.143. The molecule has 0 aromatic heterocycles. The average Bonchev–Trinajstić information content (AvgIpc) is 2.34. The number of benzene rings is 2. The van der Waals surface area contributed by atoms with E-state index >= 15 is 0 Å². The van der Waals surface area contributed by atoms with E-state index < -0.39 is 11.6 Å². The largest absolute Gasteiger partial charge is 0.454 e. The fourth-order valence-corrected chi connectivity index (χ4v) is 1.67. The van der Waals surface area contributed by atoms with Crippen LogP contribution >= 0.6 is 0 Å². The minimum Gasteiger partial charge on any atom is -0.454 e. The second kappa shape index (κ2) is 5.60. The first kappa shape index (κ1) is 12.5. The highest BCUT2D eigenvalue weighted by Gasteiger charge is 2.10. The third-order valence-corrected chi connectivity index (χ3v) is 2.48. The summed E-state index contributed by atoms with van der Waals surface area (Å²) in [6, 6.07) is 10.2.